The highest BCUT2D eigenvalue weighted by Gasteiger charge is 2.36. The summed E-state index contributed by atoms with van der Waals surface area (Å²) in [7, 11) is -2.25. The first kappa shape index (κ1) is 15.3. The van der Waals surface area contributed by atoms with Crippen LogP contribution >= 0.6 is 15.9 Å². The third-order valence-corrected chi connectivity index (χ3v) is 5.52. The van der Waals surface area contributed by atoms with Crippen molar-refractivity contribution in [3.05, 3.63) is 22.7 Å². The highest BCUT2D eigenvalue weighted by molar-refractivity contribution is 9.10. The third kappa shape index (κ3) is 2.97. The first-order chi connectivity index (χ1) is 9.34. The van der Waals surface area contributed by atoms with Crippen LogP contribution in [0.4, 0.5) is 0 Å². The summed E-state index contributed by atoms with van der Waals surface area (Å²) in [6, 6.07) is 4.56. The number of hydrogen-bond donors (Lipinski definition) is 1. The molecule has 110 valence electrons. The summed E-state index contributed by atoms with van der Waals surface area (Å²) >= 11 is 3.23. The van der Waals surface area contributed by atoms with Crippen LogP contribution in [0.2, 0.25) is 0 Å². The number of carbonyl (C=O) groups is 1. The monoisotopic (exact) mass is 363 g/mol. The zero-order chi connectivity index (χ0) is 14.9. The van der Waals surface area contributed by atoms with Gasteiger partial charge in [-0.2, -0.15) is 4.31 Å². The second kappa shape index (κ2) is 5.71. The standard InChI is InChI=1S/C12H14BrNO5S/c1-19-10-4-9(13)5-11(6-10)20(17,18)14-3-2-8(7-14)12(15)16/h4-6,8H,2-3,7H2,1H3,(H,15,16). The number of methoxy groups -OCH3 is 1. The minimum Gasteiger partial charge on any atom is -0.497 e. The predicted molar refractivity (Wildman–Crippen MR) is 75.2 cm³/mol. The lowest BCUT2D eigenvalue weighted by Gasteiger charge is -2.16. The molecule has 1 saturated heterocycles. The van der Waals surface area contributed by atoms with Crippen molar-refractivity contribution in [2.24, 2.45) is 5.92 Å². The summed E-state index contributed by atoms with van der Waals surface area (Å²) in [5.74, 6) is -1.18. The Bertz CT molecular complexity index is 631. The fraction of sp³-hybridized carbons (Fsp3) is 0.417. The Morgan fingerprint density at radius 2 is 2.15 bits per heavy atom. The molecule has 1 atom stereocenters. The van der Waals surface area contributed by atoms with Crippen LogP contribution < -0.4 is 4.74 Å². The molecule has 0 aromatic heterocycles. The average molecular weight is 364 g/mol. The first-order valence-electron chi connectivity index (χ1n) is 5.92. The first-order valence-corrected chi connectivity index (χ1v) is 8.15. The molecule has 20 heavy (non-hydrogen) atoms. The van der Waals surface area contributed by atoms with E-state index in [9.17, 15) is 13.2 Å². The molecular formula is C12H14BrNO5S. The highest BCUT2D eigenvalue weighted by Crippen LogP contribution is 2.29. The zero-order valence-electron chi connectivity index (χ0n) is 10.7. The van der Waals surface area contributed by atoms with Crippen LogP contribution in [0, 0.1) is 5.92 Å². The van der Waals surface area contributed by atoms with Crippen LogP contribution in [0.1, 0.15) is 6.42 Å². The van der Waals surface area contributed by atoms with E-state index in [0.717, 1.165) is 0 Å². The Morgan fingerprint density at radius 1 is 1.45 bits per heavy atom. The molecule has 1 aliphatic heterocycles. The molecule has 0 amide bonds. The average Bonchev–Trinajstić information content (AvgIpc) is 2.88. The van der Waals surface area contributed by atoms with E-state index >= 15 is 0 Å². The molecule has 0 radical (unpaired) electrons. The highest BCUT2D eigenvalue weighted by atomic mass is 79.9. The number of carboxylic acid groups (broad SMARTS) is 1. The van der Waals surface area contributed by atoms with Gasteiger partial charge in [0.25, 0.3) is 0 Å². The zero-order valence-corrected chi connectivity index (χ0v) is 13.1. The minimum atomic E-state index is -3.70. The maximum Gasteiger partial charge on any atom is 0.307 e. The van der Waals surface area contributed by atoms with Gasteiger partial charge >= 0.3 is 5.97 Å². The molecule has 6 nitrogen and oxygen atoms in total. The van der Waals surface area contributed by atoms with Gasteiger partial charge in [0.1, 0.15) is 5.75 Å². The lowest BCUT2D eigenvalue weighted by Crippen LogP contribution is -2.30. The van der Waals surface area contributed by atoms with Crippen molar-refractivity contribution in [3.63, 3.8) is 0 Å². The van der Waals surface area contributed by atoms with Gasteiger partial charge in [0, 0.05) is 23.6 Å². The topological polar surface area (TPSA) is 83.9 Å². The van der Waals surface area contributed by atoms with Gasteiger partial charge in [-0.1, -0.05) is 15.9 Å². The molecule has 0 saturated carbocycles. The summed E-state index contributed by atoms with van der Waals surface area (Å²) in [6.45, 7) is 0.223. The number of carboxylic acids is 1. The van der Waals surface area contributed by atoms with Gasteiger partial charge in [0.15, 0.2) is 0 Å². The van der Waals surface area contributed by atoms with E-state index in [1.807, 2.05) is 0 Å². The lowest BCUT2D eigenvalue weighted by atomic mass is 10.1. The minimum absolute atomic E-state index is 0.00644. The number of rotatable bonds is 4. The van der Waals surface area contributed by atoms with E-state index in [-0.39, 0.29) is 18.0 Å². The van der Waals surface area contributed by atoms with E-state index in [4.69, 9.17) is 9.84 Å². The fourth-order valence-corrected chi connectivity index (χ4v) is 4.29. The Kier molecular flexibility index (Phi) is 4.36. The van der Waals surface area contributed by atoms with Crippen molar-refractivity contribution in [1.82, 2.24) is 4.31 Å². The van der Waals surface area contributed by atoms with Crippen LogP contribution in [-0.2, 0) is 14.8 Å². The molecule has 0 aliphatic carbocycles. The van der Waals surface area contributed by atoms with Crippen molar-refractivity contribution in [2.45, 2.75) is 11.3 Å². The summed E-state index contributed by atoms with van der Waals surface area (Å²) in [5.41, 5.74) is 0. The molecule has 8 heteroatoms. The van der Waals surface area contributed by atoms with Crippen molar-refractivity contribution in [2.75, 3.05) is 20.2 Å². The van der Waals surface area contributed by atoms with Crippen molar-refractivity contribution in [3.8, 4) is 5.75 Å². The summed E-state index contributed by atoms with van der Waals surface area (Å²) in [5, 5.41) is 8.94. The number of aliphatic carboxylic acids is 1. The number of sulfonamides is 1. The summed E-state index contributed by atoms with van der Waals surface area (Å²) in [6.07, 6.45) is 0.333. The Balaban J connectivity index is 2.32. The van der Waals surface area contributed by atoms with Gasteiger partial charge in [0.2, 0.25) is 10.0 Å². The SMILES string of the molecule is COc1cc(Br)cc(S(=O)(=O)N2CCC(C(=O)O)C2)c1. The van der Waals surface area contributed by atoms with Gasteiger partial charge in [-0.25, -0.2) is 8.42 Å². The second-order valence-electron chi connectivity index (χ2n) is 4.51. The van der Waals surface area contributed by atoms with Crippen molar-refractivity contribution >= 4 is 31.9 Å². The molecular weight excluding hydrogens is 350 g/mol. The van der Waals surface area contributed by atoms with Gasteiger partial charge in [0.05, 0.1) is 17.9 Å². The molecule has 1 aromatic rings. The number of nitrogens with zero attached hydrogens (tertiary/aromatic N) is 1. The molecule has 1 heterocycles. The van der Waals surface area contributed by atoms with Crippen LogP contribution in [0.15, 0.2) is 27.6 Å². The van der Waals surface area contributed by atoms with Crippen molar-refractivity contribution in [1.29, 1.82) is 0 Å². The molecule has 1 N–H and O–H groups in total. The smallest absolute Gasteiger partial charge is 0.307 e. The Hall–Kier alpha value is -1.12. The van der Waals surface area contributed by atoms with Gasteiger partial charge in [-0.3, -0.25) is 4.79 Å². The fourth-order valence-electron chi connectivity index (χ4n) is 2.10. The van der Waals surface area contributed by atoms with Crippen LogP contribution in [-0.4, -0.2) is 44.0 Å². The number of halogens is 1. The molecule has 2 rings (SSSR count). The summed E-state index contributed by atoms with van der Waals surface area (Å²) in [4.78, 5) is 11.0. The molecule has 1 fully saturated rings. The maximum atomic E-state index is 12.5. The largest absolute Gasteiger partial charge is 0.497 e. The maximum absolute atomic E-state index is 12.5. The van der Waals surface area contributed by atoms with E-state index in [0.29, 0.717) is 16.6 Å². The molecule has 1 aliphatic rings. The van der Waals surface area contributed by atoms with E-state index < -0.39 is 21.9 Å². The second-order valence-corrected chi connectivity index (χ2v) is 7.37. The van der Waals surface area contributed by atoms with Gasteiger partial charge < -0.3 is 9.84 Å². The van der Waals surface area contributed by atoms with Crippen molar-refractivity contribution < 1.29 is 23.1 Å². The van der Waals surface area contributed by atoms with Gasteiger partial charge in [-0.05, 0) is 18.6 Å². The van der Waals surface area contributed by atoms with Gasteiger partial charge in [-0.15, -0.1) is 0 Å². The van der Waals surface area contributed by atoms with E-state index in [2.05, 4.69) is 15.9 Å². The number of ether oxygens (including phenoxy) is 1. The molecule has 0 spiro atoms. The van der Waals surface area contributed by atoms with E-state index in [1.165, 1.54) is 23.5 Å². The van der Waals surface area contributed by atoms with Crippen LogP contribution in [0.5, 0.6) is 5.75 Å². The molecule has 1 unspecified atom stereocenters. The Labute approximate surface area is 125 Å². The number of hydrogen-bond acceptors (Lipinski definition) is 4. The molecule has 1 aromatic carbocycles. The normalized spacial score (nSPS) is 20.0. The third-order valence-electron chi connectivity index (χ3n) is 3.22. The molecule has 0 bridgehead atoms. The predicted octanol–water partition coefficient (Wildman–Crippen LogP) is 1.55. The van der Waals surface area contributed by atoms with E-state index in [1.54, 1.807) is 6.07 Å². The number of benzene rings is 1. The van der Waals surface area contributed by atoms with Crippen LogP contribution in [0.3, 0.4) is 0 Å². The summed E-state index contributed by atoms with van der Waals surface area (Å²) < 4.78 is 31.8. The van der Waals surface area contributed by atoms with Crippen LogP contribution in [0.25, 0.3) is 0 Å². The lowest BCUT2D eigenvalue weighted by molar-refractivity contribution is -0.141. The Morgan fingerprint density at radius 3 is 2.70 bits per heavy atom. The quantitative estimate of drug-likeness (QED) is 0.877.